The second-order valence-electron chi connectivity index (χ2n) is 8.03. The van der Waals surface area contributed by atoms with Crippen LogP contribution in [0.3, 0.4) is 0 Å². The van der Waals surface area contributed by atoms with Gasteiger partial charge < -0.3 is 5.11 Å². The second-order valence-corrected chi connectivity index (χ2v) is 9.42. The fourth-order valence-corrected chi connectivity index (χ4v) is 5.28. The Bertz CT molecular complexity index is 527. The Balaban J connectivity index is 1.63. The number of thioether (sulfide) groups is 1. The van der Waals surface area contributed by atoms with E-state index in [0.717, 1.165) is 12.3 Å². The van der Waals surface area contributed by atoms with Crippen LogP contribution in [0.5, 0.6) is 0 Å². The van der Waals surface area contributed by atoms with Gasteiger partial charge in [0.15, 0.2) is 0 Å². The summed E-state index contributed by atoms with van der Waals surface area (Å²) in [6, 6.07) is 7.30. The summed E-state index contributed by atoms with van der Waals surface area (Å²) in [5.74, 6) is 4.14. The zero-order chi connectivity index (χ0) is 16.3. The number of aliphatic hydroxyl groups excluding tert-OH is 1. The van der Waals surface area contributed by atoms with E-state index in [1.165, 1.54) is 55.6 Å². The van der Waals surface area contributed by atoms with E-state index in [1.807, 2.05) is 0 Å². The molecule has 1 aromatic rings. The molecule has 0 aliphatic heterocycles. The summed E-state index contributed by atoms with van der Waals surface area (Å²) in [6.07, 6.45) is 8.89. The third-order valence-electron chi connectivity index (χ3n) is 6.12. The largest absolute Gasteiger partial charge is 0.396 e. The van der Waals surface area contributed by atoms with E-state index in [-0.39, 0.29) is 5.41 Å². The number of fused-ring (bicyclic) bond motifs is 1. The first-order valence-electron chi connectivity index (χ1n) is 9.44. The summed E-state index contributed by atoms with van der Waals surface area (Å²) in [6.45, 7) is 4.84. The van der Waals surface area contributed by atoms with Crippen molar-refractivity contribution in [3.8, 4) is 0 Å². The summed E-state index contributed by atoms with van der Waals surface area (Å²) in [5, 5.41) is 9.60. The molecule has 2 aliphatic rings. The molecule has 0 amide bonds. The van der Waals surface area contributed by atoms with Gasteiger partial charge >= 0.3 is 0 Å². The highest BCUT2D eigenvalue weighted by molar-refractivity contribution is 7.99. The number of aryl methyl sites for hydroxylation is 1. The van der Waals surface area contributed by atoms with Crippen LogP contribution >= 0.6 is 11.8 Å². The predicted octanol–water partition coefficient (Wildman–Crippen LogP) is 5.20. The third-order valence-corrected chi connectivity index (χ3v) is 7.06. The highest BCUT2D eigenvalue weighted by Crippen LogP contribution is 2.46. The Hall–Kier alpha value is -0.470. The third kappa shape index (κ3) is 4.14. The van der Waals surface area contributed by atoms with Gasteiger partial charge in [0.2, 0.25) is 0 Å². The molecular weight excluding hydrogens is 300 g/mol. The van der Waals surface area contributed by atoms with Crippen LogP contribution in [0.1, 0.15) is 68.6 Å². The molecule has 1 fully saturated rings. The summed E-state index contributed by atoms with van der Waals surface area (Å²) >= 11 is 2.08. The molecular formula is C21H32OS. The van der Waals surface area contributed by atoms with Gasteiger partial charge in [0.05, 0.1) is 0 Å². The van der Waals surface area contributed by atoms with Crippen LogP contribution in [0.2, 0.25) is 0 Å². The number of rotatable bonds is 6. The number of aliphatic hydroxyl groups is 1. The van der Waals surface area contributed by atoms with Gasteiger partial charge in [0, 0.05) is 6.61 Å². The van der Waals surface area contributed by atoms with Crippen molar-refractivity contribution >= 4 is 11.8 Å². The minimum Gasteiger partial charge on any atom is -0.396 e. The molecule has 1 nitrogen and oxygen atoms in total. The van der Waals surface area contributed by atoms with E-state index in [9.17, 15) is 5.11 Å². The fourth-order valence-electron chi connectivity index (χ4n) is 4.49. The Morgan fingerprint density at radius 2 is 2.13 bits per heavy atom. The lowest BCUT2D eigenvalue weighted by atomic mass is 9.80. The van der Waals surface area contributed by atoms with Crippen molar-refractivity contribution in [2.24, 2.45) is 11.3 Å². The molecule has 1 aromatic carbocycles. The van der Waals surface area contributed by atoms with Gasteiger partial charge in [-0.25, -0.2) is 0 Å². The van der Waals surface area contributed by atoms with Crippen molar-refractivity contribution in [3.63, 3.8) is 0 Å². The first kappa shape index (κ1) is 17.4. The van der Waals surface area contributed by atoms with Crippen LogP contribution < -0.4 is 0 Å². The Kier molecular flexibility index (Phi) is 5.74. The molecule has 3 atom stereocenters. The van der Waals surface area contributed by atoms with E-state index in [2.05, 4.69) is 43.8 Å². The average molecular weight is 333 g/mol. The standard InChI is InChI=1S/C21H32OS/c1-3-23-11-9-16-4-5-18-13-19(7-6-17(18)12-16)20-8-10-21(2,14-20)15-22/h6-7,13,16,20,22H,3-5,8-12,14-15H2,1-2H3/t16-,20+,21+/m1/s1. The monoisotopic (exact) mass is 332 g/mol. The fraction of sp³-hybridized carbons (Fsp3) is 0.714. The lowest BCUT2D eigenvalue weighted by Crippen LogP contribution is -2.17. The molecule has 0 aromatic heterocycles. The molecule has 0 bridgehead atoms. The minimum absolute atomic E-state index is 0.155. The van der Waals surface area contributed by atoms with E-state index >= 15 is 0 Å². The molecule has 2 heteroatoms. The van der Waals surface area contributed by atoms with Gasteiger partial charge in [0.1, 0.15) is 0 Å². The average Bonchev–Trinajstić information content (AvgIpc) is 2.98. The van der Waals surface area contributed by atoms with Crippen LogP contribution in [0.15, 0.2) is 18.2 Å². The topological polar surface area (TPSA) is 20.2 Å². The zero-order valence-electron chi connectivity index (χ0n) is 14.8. The van der Waals surface area contributed by atoms with Gasteiger partial charge in [-0.15, -0.1) is 0 Å². The van der Waals surface area contributed by atoms with Crippen LogP contribution in [0, 0.1) is 11.3 Å². The first-order chi connectivity index (χ1) is 11.1. The van der Waals surface area contributed by atoms with Crippen molar-refractivity contribution in [2.45, 2.75) is 64.7 Å². The normalized spacial score (nSPS) is 30.4. The van der Waals surface area contributed by atoms with Crippen LogP contribution in [0.25, 0.3) is 0 Å². The Morgan fingerprint density at radius 1 is 1.26 bits per heavy atom. The molecule has 1 N–H and O–H groups in total. The van der Waals surface area contributed by atoms with Crippen molar-refractivity contribution < 1.29 is 5.11 Å². The number of hydrogen-bond acceptors (Lipinski definition) is 2. The quantitative estimate of drug-likeness (QED) is 0.722. The van der Waals surface area contributed by atoms with Gasteiger partial charge in [-0.3, -0.25) is 0 Å². The molecule has 0 saturated heterocycles. The van der Waals surface area contributed by atoms with Gasteiger partial charge in [-0.05, 0) is 90.4 Å². The lowest BCUT2D eigenvalue weighted by Gasteiger charge is -2.26. The summed E-state index contributed by atoms with van der Waals surface area (Å²) < 4.78 is 0. The van der Waals surface area contributed by atoms with Crippen molar-refractivity contribution in [1.82, 2.24) is 0 Å². The smallest absolute Gasteiger partial charge is 0.0484 e. The maximum atomic E-state index is 9.60. The molecule has 2 aliphatic carbocycles. The highest BCUT2D eigenvalue weighted by atomic mass is 32.2. The van der Waals surface area contributed by atoms with E-state index in [1.54, 1.807) is 11.1 Å². The maximum Gasteiger partial charge on any atom is 0.0484 e. The molecule has 0 radical (unpaired) electrons. The van der Waals surface area contributed by atoms with Crippen LogP contribution in [-0.4, -0.2) is 23.2 Å². The first-order valence-corrected chi connectivity index (χ1v) is 10.6. The van der Waals surface area contributed by atoms with Crippen molar-refractivity contribution in [1.29, 1.82) is 0 Å². The highest BCUT2D eigenvalue weighted by Gasteiger charge is 2.35. The molecule has 0 unspecified atom stereocenters. The van der Waals surface area contributed by atoms with Crippen LogP contribution in [-0.2, 0) is 12.8 Å². The van der Waals surface area contributed by atoms with Gasteiger partial charge in [-0.2, -0.15) is 11.8 Å². The van der Waals surface area contributed by atoms with E-state index < -0.39 is 0 Å². The molecule has 0 spiro atoms. The molecule has 1 saturated carbocycles. The molecule has 128 valence electrons. The molecule has 23 heavy (non-hydrogen) atoms. The second kappa shape index (κ2) is 7.61. The Labute approximate surface area is 146 Å². The summed E-state index contributed by atoms with van der Waals surface area (Å²) in [4.78, 5) is 0. The lowest BCUT2D eigenvalue weighted by molar-refractivity contribution is 0.147. The minimum atomic E-state index is 0.155. The van der Waals surface area contributed by atoms with Crippen molar-refractivity contribution in [2.75, 3.05) is 18.1 Å². The van der Waals surface area contributed by atoms with Crippen molar-refractivity contribution in [3.05, 3.63) is 34.9 Å². The SMILES string of the molecule is CCSCC[C@H]1CCc2cc([C@H]3CC[C@](C)(CO)C3)ccc2C1. The van der Waals surface area contributed by atoms with E-state index in [0.29, 0.717) is 12.5 Å². The zero-order valence-corrected chi connectivity index (χ0v) is 15.6. The predicted molar refractivity (Wildman–Crippen MR) is 101 cm³/mol. The number of benzene rings is 1. The number of hydrogen-bond donors (Lipinski definition) is 1. The molecule has 0 heterocycles. The van der Waals surface area contributed by atoms with Gasteiger partial charge in [-0.1, -0.05) is 32.0 Å². The maximum absolute atomic E-state index is 9.60. The summed E-state index contributed by atoms with van der Waals surface area (Å²) in [7, 11) is 0. The van der Waals surface area contributed by atoms with E-state index in [4.69, 9.17) is 0 Å². The van der Waals surface area contributed by atoms with Gasteiger partial charge in [0.25, 0.3) is 0 Å². The molecule has 3 rings (SSSR count). The Morgan fingerprint density at radius 3 is 2.87 bits per heavy atom. The van der Waals surface area contributed by atoms with Crippen LogP contribution in [0.4, 0.5) is 0 Å². The summed E-state index contributed by atoms with van der Waals surface area (Å²) in [5.41, 5.74) is 4.90.